The van der Waals surface area contributed by atoms with Crippen molar-refractivity contribution in [3.8, 4) is 0 Å². The van der Waals surface area contributed by atoms with Gasteiger partial charge in [-0.05, 0) is 46.5 Å². The number of nitrogens with two attached hydrogens (primary N) is 1. The molecule has 1 aliphatic carbocycles. The number of aliphatic carboxylic acids is 2. The lowest BCUT2D eigenvalue weighted by molar-refractivity contribution is -0.159. The molecule has 0 aliphatic heterocycles. The number of rotatable bonds is 1. The SMILES string of the molecule is CN(C(=O)OC(C)(C)C)C1CCC(N)CC1.O=C(O)C(=O)O. The van der Waals surface area contributed by atoms with Crippen molar-refractivity contribution >= 4 is 18.0 Å². The molecule has 0 spiro atoms. The summed E-state index contributed by atoms with van der Waals surface area (Å²) < 4.78 is 5.34. The lowest BCUT2D eigenvalue weighted by Gasteiger charge is -2.34. The van der Waals surface area contributed by atoms with Gasteiger partial charge in [0.25, 0.3) is 0 Å². The summed E-state index contributed by atoms with van der Waals surface area (Å²) in [6, 6.07) is 0.595. The van der Waals surface area contributed by atoms with E-state index in [-0.39, 0.29) is 12.1 Å². The molecular formula is C14H26N2O6. The van der Waals surface area contributed by atoms with E-state index in [0.29, 0.717) is 6.04 Å². The van der Waals surface area contributed by atoms with E-state index in [1.165, 1.54) is 0 Å². The molecular weight excluding hydrogens is 292 g/mol. The molecule has 0 saturated heterocycles. The van der Waals surface area contributed by atoms with E-state index in [1.54, 1.807) is 4.90 Å². The number of carboxylic acids is 2. The van der Waals surface area contributed by atoms with E-state index in [4.69, 9.17) is 30.3 Å². The van der Waals surface area contributed by atoms with E-state index in [9.17, 15) is 4.79 Å². The van der Waals surface area contributed by atoms with Gasteiger partial charge in [0, 0.05) is 19.1 Å². The van der Waals surface area contributed by atoms with Crippen molar-refractivity contribution < 1.29 is 29.3 Å². The first-order valence-electron chi connectivity index (χ1n) is 7.11. The summed E-state index contributed by atoms with van der Waals surface area (Å²) in [5, 5.41) is 14.8. The Morgan fingerprint density at radius 3 is 1.77 bits per heavy atom. The minimum atomic E-state index is -1.82. The van der Waals surface area contributed by atoms with Crippen LogP contribution in [0.4, 0.5) is 4.79 Å². The molecule has 0 radical (unpaired) electrons. The van der Waals surface area contributed by atoms with Crippen molar-refractivity contribution in [3.05, 3.63) is 0 Å². The molecule has 0 aromatic heterocycles. The van der Waals surface area contributed by atoms with Gasteiger partial charge in [0.2, 0.25) is 0 Å². The van der Waals surface area contributed by atoms with E-state index in [1.807, 2.05) is 27.8 Å². The summed E-state index contributed by atoms with van der Waals surface area (Å²) >= 11 is 0. The van der Waals surface area contributed by atoms with Crippen molar-refractivity contribution in [1.29, 1.82) is 0 Å². The molecule has 0 heterocycles. The molecule has 0 unspecified atom stereocenters. The van der Waals surface area contributed by atoms with Crippen molar-refractivity contribution in [2.24, 2.45) is 5.73 Å². The van der Waals surface area contributed by atoms with Gasteiger partial charge in [-0.2, -0.15) is 0 Å². The Morgan fingerprint density at radius 1 is 1.05 bits per heavy atom. The number of carbonyl (C=O) groups is 3. The van der Waals surface area contributed by atoms with Crippen LogP contribution in [0.25, 0.3) is 0 Å². The molecule has 8 heteroatoms. The maximum absolute atomic E-state index is 11.8. The van der Waals surface area contributed by atoms with Crippen LogP contribution in [0.2, 0.25) is 0 Å². The molecule has 8 nitrogen and oxygen atoms in total. The third kappa shape index (κ3) is 8.46. The van der Waals surface area contributed by atoms with Crippen LogP contribution in [-0.2, 0) is 14.3 Å². The summed E-state index contributed by atoms with van der Waals surface area (Å²) in [7, 11) is 1.82. The Bertz CT molecular complexity index is 385. The molecule has 1 fully saturated rings. The minimum absolute atomic E-state index is 0.229. The van der Waals surface area contributed by atoms with Crippen LogP contribution in [0, 0.1) is 0 Å². The summed E-state index contributed by atoms with van der Waals surface area (Å²) in [6.07, 6.45) is 3.73. The van der Waals surface area contributed by atoms with E-state index >= 15 is 0 Å². The summed E-state index contributed by atoms with van der Waals surface area (Å²) in [6.45, 7) is 5.65. The zero-order valence-electron chi connectivity index (χ0n) is 13.5. The van der Waals surface area contributed by atoms with Gasteiger partial charge in [-0.1, -0.05) is 0 Å². The van der Waals surface area contributed by atoms with E-state index in [2.05, 4.69) is 0 Å². The van der Waals surface area contributed by atoms with Crippen LogP contribution in [0.1, 0.15) is 46.5 Å². The molecule has 4 N–H and O–H groups in total. The van der Waals surface area contributed by atoms with Crippen LogP contribution < -0.4 is 5.73 Å². The molecule has 0 atom stereocenters. The predicted molar refractivity (Wildman–Crippen MR) is 79.5 cm³/mol. The van der Waals surface area contributed by atoms with Gasteiger partial charge < -0.3 is 25.6 Å². The third-order valence-electron chi connectivity index (χ3n) is 3.15. The van der Waals surface area contributed by atoms with Gasteiger partial charge in [-0.25, -0.2) is 14.4 Å². The van der Waals surface area contributed by atoms with Crippen LogP contribution in [-0.4, -0.2) is 57.9 Å². The van der Waals surface area contributed by atoms with Crippen LogP contribution in [0.5, 0.6) is 0 Å². The standard InChI is InChI=1S/C12H24N2O2.C2H2O4/c1-12(2,3)16-11(15)14(4)10-7-5-9(13)6-8-10;3-1(4)2(5)6/h9-10H,5-8,13H2,1-4H3;(H,3,4)(H,5,6). The molecule has 22 heavy (non-hydrogen) atoms. The fourth-order valence-electron chi connectivity index (χ4n) is 1.97. The van der Waals surface area contributed by atoms with Gasteiger partial charge in [0.1, 0.15) is 5.60 Å². The van der Waals surface area contributed by atoms with E-state index in [0.717, 1.165) is 25.7 Å². The van der Waals surface area contributed by atoms with Crippen molar-refractivity contribution in [1.82, 2.24) is 4.90 Å². The van der Waals surface area contributed by atoms with Gasteiger partial charge >= 0.3 is 18.0 Å². The molecule has 1 aliphatic rings. The fraction of sp³-hybridized carbons (Fsp3) is 0.786. The van der Waals surface area contributed by atoms with Crippen molar-refractivity contribution in [3.63, 3.8) is 0 Å². The first-order valence-corrected chi connectivity index (χ1v) is 7.11. The largest absolute Gasteiger partial charge is 0.473 e. The average molecular weight is 318 g/mol. The Kier molecular flexibility index (Phi) is 7.86. The molecule has 128 valence electrons. The van der Waals surface area contributed by atoms with Gasteiger partial charge in [0.15, 0.2) is 0 Å². The Morgan fingerprint density at radius 2 is 1.45 bits per heavy atom. The summed E-state index contributed by atoms with van der Waals surface area (Å²) in [5.41, 5.74) is 5.42. The normalized spacial score (nSPS) is 21.1. The summed E-state index contributed by atoms with van der Waals surface area (Å²) in [4.78, 5) is 31.7. The maximum atomic E-state index is 11.8. The van der Waals surface area contributed by atoms with Gasteiger partial charge in [-0.15, -0.1) is 0 Å². The summed E-state index contributed by atoms with van der Waals surface area (Å²) in [5.74, 6) is -3.65. The smallest absolute Gasteiger partial charge is 0.414 e. The van der Waals surface area contributed by atoms with Crippen LogP contribution >= 0.6 is 0 Å². The number of carbonyl (C=O) groups excluding carboxylic acids is 1. The highest BCUT2D eigenvalue weighted by Crippen LogP contribution is 2.22. The third-order valence-corrected chi connectivity index (χ3v) is 3.15. The highest BCUT2D eigenvalue weighted by Gasteiger charge is 2.28. The monoisotopic (exact) mass is 318 g/mol. The second-order valence-electron chi connectivity index (χ2n) is 6.27. The second kappa shape index (κ2) is 8.57. The average Bonchev–Trinajstić information content (AvgIpc) is 2.37. The Hall–Kier alpha value is -1.83. The molecule has 0 aromatic rings. The lowest BCUT2D eigenvalue weighted by Crippen LogP contribution is -2.44. The topological polar surface area (TPSA) is 130 Å². The zero-order chi connectivity index (χ0) is 17.5. The molecule has 1 amide bonds. The second-order valence-corrected chi connectivity index (χ2v) is 6.27. The molecule has 0 aromatic carbocycles. The molecule has 1 saturated carbocycles. The first-order chi connectivity index (χ1) is 9.94. The number of ether oxygens (including phenoxy) is 1. The zero-order valence-corrected chi connectivity index (χ0v) is 13.5. The minimum Gasteiger partial charge on any atom is -0.473 e. The quantitative estimate of drug-likeness (QED) is 0.621. The lowest BCUT2D eigenvalue weighted by atomic mass is 9.91. The molecule has 0 bridgehead atoms. The van der Waals surface area contributed by atoms with Gasteiger partial charge in [-0.3, -0.25) is 0 Å². The number of carboxylic acid groups (broad SMARTS) is 2. The first kappa shape index (κ1) is 20.2. The maximum Gasteiger partial charge on any atom is 0.414 e. The number of amides is 1. The molecule has 1 rings (SSSR count). The van der Waals surface area contributed by atoms with E-state index < -0.39 is 17.5 Å². The highest BCUT2D eigenvalue weighted by atomic mass is 16.6. The Balaban J connectivity index is 0.000000626. The predicted octanol–water partition coefficient (Wildman–Crippen LogP) is 1.28. The van der Waals surface area contributed by atoms with Crippen LogP contribution in [0.3, 0.4) is 0 Å². The number of hydrogen-bond acceptors (Lipinski definition) is 5. The van der Waals surface area contributed by atoms with Crippen LogP contribution in [0.15, 0.2) is 0 Å². The van der Waals surface area contributed by atoms with Crippen molar-refractivity contribution in [2.45, 2.75) is 64.1 Å². The highest BCUT2D eigenvalue weighted by molar-refractivity contribution is 6.27. The number of nitrogens with zero attached hydrogens (tertiary/aromatic N) is 1. The fourth-order valence-corrected chi connectivity index (χ4v) is 1.97. The van der Waals surface area contributed by atoms with Crippen molar-refractivity contribution in [2.75, 3.05) is 7.05 Å². The van der Waals surface area contributed by atoms with Gasteiger partial charge in [0.05, 0.1) is 0 Å². The number of hydrogen-bond donors (Lipinski definition) is 3. The Labute approximate surface area is 130 Å².